The van der Waals surface area contributed by atoms with Crippen LogP contribution in [0.4, 0.5) is 0 Å². The van der Waals surface area contributed by atoms with Gasteiger partial charge in [0.05, 0.1) is 0 Å². The van der Waals surface area contributed by atoms with Gasteiger partial charge in [-0.05, 0) is 105 Å². The molecule has 3 rings (SSSR count). The summed E-state index contributed by atoms with van der Waals surface area (Å²) in [6.45, 7) is 11.4. The largest absolute Gasteiger partial charge is 0.349 e. The van der Waals surface area contributed by atoms with Crippen molar-refractivity contribution in [2.24, 2.45) is 17.3 Å². The highest BCUT2D eigenvalue weighted by Gasteiger charge is 2.30. The van der Waals surface area contributed by atoms with Crippen LogP contribution in [0.2, 0.25) is 0 Å². The second-order valence-corrected chi connectivity index (χ2v) is 12.7. The molecule has 36 heavy (non-hydrogen) atoms. The van der Waals surface area contributed by atoms with E-state index in [0.29, 0.717) is 16.5 Å². The molecule has 0 radical (unpaired) electrons. The van der Waals surface area contributed by atoms with Crippen molar-refractivity contribution in [1.29, 1.82) is 0 Å². The first-order valence-corrected chi connectivity index (χ1v) is 14.9. The molecule has 1 aromatic carbocycles. The van der Waals surface area contributed by atoms with E-state index in [0.717, 1.165) is 62.3 Å². The average molecular weight is 497 g/mol. The number of carbonyl (C=O) groups excluding carboxylic acids is 2. The van der Waals surface area contributed by atoms with Gasteiger partial charge < -0.3 is 10.6 Å². The highest BCUT2D eigenvalue weighted by molar-refractivity contribution is 6.00. The van der Waals surface area contributed by atoms with E-state index in [1.54, 1.807) is 0 Å². The third-order valence-electron chi connectivity index (χ3n) is 8.77. The quantitative estimate of drug-likeness (QED) is 0.346. The first-order chi connectivity index (χ1) is 17.2. The summed E-state index contributed by atoms with van der Waals surface area (Å²) in [5.41, 5.74) is 2.70. The van der Waals surface area contributed by atoms with Crippen molar-refractivity contribution in [3.8, 4) is 0 Å². The maximum atomic E-state index is 13.3. The topological polar surface area (TPSA) is 58.2 Å². The lowest BCUT2D eigenvalue weighted by Gasteiger charge is -2.37. The van der Waals surface area contributed by atoms with E-state index in [9.17, 15) is 9.59 Å². The van der Waals surface area contributed by atoms with E-state index in [2.05, 4.69) is 45.3 Å². The van der Waals surface area contributed by atoms with E-state index < -0.39 is 0 Å². The molecular weight excluding hydrogens is 444 g/mol. The molecule has 202 valence electrons. The van der Waals surface area contributed by atoms with Crippen molar-refractivity contribution in [2.45, 2.75) is 137 Å². The molecule has 0 saturated heterocycles. The Hall–Kier alpha value is -1.84. The van der Waals surface area contributed by atoms with Gasteiger partial charge in [-0.1, -0.05) is 60.3 Å². The maximum absolute atomic E-state index is 13.3. The van der Waals surface area contributed by atoms with Crippen molar-refractivity contribution < 1.29 is 9.59 Å². The van der Waals surface area contributed by atoms with Crippen LogP contribution < -0.4 is 10.6 Å². The van der Waals surface area contributed by atoms with Gasteiger partial charge in [-0.15, -0.1) is 0 Å². The summed E-state index contributed by atoms with van der Waals surface area (Å²) in [5.74, 6) is 1.49. The van der Waals surface area contributed by atoms with Gasteiger partial charge in [0.1, 0.15) is 0 Å². The van der Waals surface area contributed by atoms with Crippen molar-refractivity contribution in [3.63, 3.8) is 0 Å². The summed E-state index contributed by atoms with van der Waals surface area (Å²) in [7, 11) is 0. The summed E-state index contributed by atoms with van der Waals surface area (Å²) in [5, 5.41) is 6.58. The molecule has 2 saturated carbocycles. The maximum Gasteiger partial charge on any atom is 0.251 e. The first kappa shape index (κ1) is 28.7. The molecule has 2 amide bonds. The zero-order valence-electron chi connectivity index (χ0n) is 23.8. The van der Waals surface area contributed by atoms with Crippen molar-refractivity contribution in [3.05, 3.63) is 34.9 Å². The Morgan fingerprint density at radius 2 is 1.25 bits per heavy atom. The zero-order valence-corrected chi connectivity index (χ0v) is 23.8. The number of benzene rings is 1. The van der Waals surface area contributed by atoms with E-state index in [1.807, 2.05) is 18.2 Å². The SMILES string of the molecule is CCCCc1cc(C(=O)NC2CCC(CCCC)CC2)cc(C(=O)NC2CCC(C(C)(C)C)CC2)c1. The lowest BCUT2D eigenvalue weighted by Crippen LogP contribution is -2.40. The molecule has 2 aliphatic rings. The molecule has 0 bridgehead atoms. The van der Waals surface area contributed by atoms with Crippen LogP contribution in [0.3, 0.4) is 0 Å². The van der Waals surface area contributed by atoms with Crippen LogP contribution in [-0.4, -0.2) is 23.9 Å². The lowest BCUT2D eigenvalue weighted by atomic mass is 9.71. The number of rotatable bonds is 10. The molecule has 0 unspecified atom stereocenters. The molecule has 0 spiro atoms. The minimum absolute atomic E-state index is 0.0231. The van der Waals surface area contributed by atoms with Crippen LogP contribution in [0.5, 0.6) is 0 Å². The van der Waals surface area contributed by atoms with Crippen molar-refractivity contribution >= 4 is 11.8 Å². The molecule has 0 aromatic heterocycles. The Kier molecular flexibility index (Phi) is 10.9. The van der Waals surface area contributed by atoms with Crippen LogP contribution in [0.1, 0.15) is 144 Å². The third-order valence-corrected chi connectivity index (χ3v) is 8.77. The number of unbranched alkanes of at least 4 members (excludes halogenated alkanes) is 2. The summed E-state index contributed by atoms with van der Waals surface area (Å²) in [6, 6.07) is 6.30. The average Bonchev–Trinajstić information content (AvgIpc) is 2.86. The van der Waals surface area contributed by atoms with Crippen LogP contribution >= 0.6 is 0 Å². The second kappa shape index (κ2) is 13.6. The summed E-state index contributed by atoms with van der Waals surface area (Å²) < 4.78 is 0. The Balaban J connectivity index is 1.62. The Morgan fingerprint density at radius 1 is 0.750 bits per heavy atom. The standard InChI is InChI=1S/C32H52N2O2/c1-6-8-10-23-12-16-28(17-13-23)33-30(35)25-20-24(11-9-7-2)21-26(22-25)31(36)34-29-18-14-27(15-19-29)32(3,4)5/h20-23,27-29H,6-19H2,1-5H3,(H,33,35)(H,34,36). The fraction of sp³-hybridized carbons (Fsp3) is 0.750. The van der Waals surface area contributed by atoms with E-state index in [-0.39, 0.29) is 23.9 Å². The lowest BCUT2D eigenvalue weighted by molar-refractivity contribution is 0.0904. The second-order valence-electron chi connectivity index (χ2n) is 12.7. The summed E-state index contributed by atoms with van der Waals surface area (Å²) >= 11 is 0. The first-order valence-electron chi connectivity index (χ1n) is 14.9. The molecule has 0 heterocycles. The Bertz CT molecular complexity index is 840. The highest BCUT2D eigenvalue weighted by Crippen LogP contribution is 2.37. The van der Waals surface area contributed by atoms with Gasteiger partial charge in [-0.3, -0.25) is 9.59 Å². The molecular formula is C32H52N2O2. The van der Waals surface area contributed by atoms with Crippen LogP contribution in [0.25, 0.3) is 0 Å². The minimum atomic E-state index is -0.0296. The van der Waals surface area contributed by atoms with Gasteiger partial charge in [-0.2, -0.15) is 0 Å². The van der Waals surface area contributed by atoms with Gasteiger partial charge >= 0.3 is 0 Å². The molecule has 0 atom stereocenters. The predicted molar refractivity (Wildman–Crippen MR) is 150 cm³/mol. The molecule has 0 aliphatic heterocycles. The minimum Gasteiger partial charge on any atom is -0.349 e. The van der Waals surface area contributed by atoms with Crippen molar-refractivity contribution in [1.82, 2.24) is 10.6 Å². The molecule has 2 aliphatic carbocycles. The third kappa shape index (κ3) is 8.63. The highest BCUT2D eigenvalue weighted by atomic mass is 16.2. The summed E-state index contributed by atoms with van der Waals surface area (Å²) in [4.78, 5) is 26.5. The van der Waals surface area contributed by atoms with Crippen LogP contribution in [0, 0.1) is 17.3 Å². The molecule has 2 fully saturated rings. The van der Waals surface area contributed by atoms with Gasteiger partial charge in [-0.25, -0.2) is 0 Å². The fourth-order valence-electron chi connectivity index (χ4n) is 6.21. The Morgan fingerprint density at radius 3 is 1.72 bits per heavy atom. The van der Waals surface area contributed by atoms with Crippen LogP contribution in [0.15, 0.2) is 18.2 Å². The number of amides is 2. The normalized spacial score (nSPS) is 24.8. The fourth-order valence-corrected chi connectivity index (χ4v) is 6.21. The Labute approximate surface area is 220 Å². The number of hydrogen-bond donors (Lipinski definition) is 2. The van der Waals surface area contributed by atoms with Gasteiger partial charge in [0.15, 0.2) is 0 Å². The zero-order chi connectivity index (χ0) is 26.1. The smallest absolute Gasteiger partial charge is 0.251 e. The molecule has 1 aromatic rings. The monoisotopic (exact) mass is 496 g/mol. The number of nitrogens with one attached hydrogen (secondary N) is 2. The summed E-state index contributed by atoms with van der Waals surface area (Å²) in [6.07, 6.45) is 15.9. The number of hydrogen-bond acceptors (Lipinski definition) is 2. The molecule has 4 heteroatoms. The van der Waals surface area contributed by atoms with Gasteiger partial charge in [0.25, 0.3) is 11.8 Å². The van der Waals surface area contributed by atoms with Gasteiger partial charge in [0.2, 0.25) is 0 Å². The van der Waals surface area contributed by atoms with E-state index >= 15 is 0 Å². The number of aryl methyl sites for hydroxylation is 1. The number of carbonyl (C=O) groups is 2. The van der Waals surface area contributed by atoms with E-state index in [4.69, 9.17) is 0 Å². The van der Waals surface area contributed by atoms with Gasteiger partial charge in [0, 0.05) is 23.2 Å². The van der Waals surface area contributed by atoms with E-state index in [1.165, 1.54) is 44.9 Å². The predicted octanol–water partition coefficient (Wildman–Crippen LogP) is 7.84. The molecule has 2 N–H and O–H groups in total. The van der Waals surface area contributed by atoms with Crippen LogP contribution in [-0.2, 0) is 6.42 Å². The molecule has 4 nitrogen and oxygen atoms in total. The van der Waals surface area contributed by atoms with Crippen molar-refractivity contribution in [2.75, 3.05) is 0 Å².